The Morgan fingerprint density at radius 3 is 2.17 bits per heavy atom. The summed E-state index contributed by atoms with van der Waals surface area (Å²) in [7, 11) is 0. The van der Waals surface area contributed by atoms with Crippen LogP contribution in [0.25, 0.3) is 0 Å². The van der Waals surface area contributed by atoms with Crippen molar-refractivity contribution in [3.8, 4) is 0 Å². The van der Waals surface area contributed by atoms with Gasteiger partial charge in [0.05, 0.1) is 0 Å². The first-order valence-corrected chi connectivity index (χ1v) is 23.2. The zero-order chi connectivity index (χ0) is 4.99. The zero-order valence-corrected chi connectivity index (χ0v) is 10.9. The molecule has 0 amide bonds. The summed E-state index contributed by atoms with van der Waals surface area (Å²) < 4.78 is 1.32. The van der Waals surface area contributed by atoms with Crippen molar-refractivity contribution >= 4 is 49.4 Å². The Balaban J connectivity index is 2.81. The van der Waals surface area contributed by atoms with Gasteiger partial charge in [0.15, 0.2) is 0 Å². The van der Waals surface area contributed by atoms with E-state index in [0.29, 0.717) is 0 Å². The Kier molecular flexibility index (Phi) is 7.01. The summed E-state index contributed by atoms with van der Waals surface area (Å²) in [5, 5.41) is 0. The summed E-state index contributed by atoms with van der Waals surface area (Å²) in [5.41, 5.74) is 0. The Morgan fingerprint density at radius 2 is 2.17 bits per heavy atom. The van der Waals surface area contributed by atoms with E-state index in [4.69, 9.17) is 0 Å². The fourth-order valence-corrected chi connectivity index (χ4v) is 5.67. The van der Waals surface area contributed by atoms with Crippen molar-refractivity contribution in [3.05, 3.63) is 12.7 Å². The molecule has 0 heterocycles. The first-order valence-electron chi connectivity index (χ1n) is 1.66. The van der Waals surface area contributed by atoms with E-state index < -0.39 is 13.1 Å². The van der Waals surface area contributed by atoms with E-state index in [-0.39, 0.29) is 0 Å². The van der Waals surface area contributed by atoms with E-state index in [1.807, 2.05) is 6.08 Å². The second-order valence-corrected chi connectivity index (χ2v) is 40.7. The van der Waals surface area contributed by atoms with Gasteiger partial charge in [0.25, 0.3) is 0 Å². The van der Waals surface area contributed by atoms with Crippen molar-refractivity contribution in [2.45, 2.75) is 4.18 Å². The number of allylic oxidation sites excluding steroid dienone is 1. The minimum atomic E-state index is -0.896. The molecule has 0 radical (unpaired) electrons. The third kappa shape index (κ3) is 6.07. The Morgan fingerprint density at radius 1 is 1.67 bits per heavy atom. The van der Waals surface area contributed by atoms with Gasteiger partial charge in [0, 0.05) is 0 Å². The standard InChI is InChI=1S/C3H5.2HI.In/c1-3-2;;;/h3H,1-2H2;2*1H;/q;;;+2/p-2. The Labute approximate surface area is 64.8 Å². The molecule has 0 aliphatic rings. The molecule has 0 rings (SSSR count). The predicted octanol–water partition coefficient (Wildman–Crippen LogP) is 2.53. The second kappa shape index (κ2) is 5.21. The van der Waals surface area contributed by atoms with Gasteiger partial charge in [-0.3, -0.25) is 0 Å². The molecule has 0 nitrogen and oxygen atoms in total. The number of hydrogen-bond donors (Lipinski definition) is 0. The molecule has 0 saturated heterocycles. The molecular formula is C3H5I2In. The fourth-order valence-electron chi connectivity index (χ4n) is 0.126. The molecule has 0 unspecified atom stereocenters. The SMILES string of the molecule is C=C[CH2][In]([I])[I]. The Hall–Kier alpha value is 2.07. The molecule has 0 aliphatic carbocycles. The molecular weight excluding hydrogens is 405 g/mol. The van der Waals surface area contributed by atoms with Gasteiger partial charge in [-0.1, -0.05) is 0 Å². The second-order valence-electron chi connectivity index (χ2n) is 0.915. The molecule has 0 aromatic rings. The van der Waals surface area contributed by atoms with Gasteiger partial charge in [-0.15, -0.1) is 0 Å². The van der Waals surface area contributed by atoms with E-state index in [1.165, 1.54) is 4.18 Å². The van der Waals surface area contributed by atoms with Crippen molar-refractivity contribution in [1.82, 2.24) is 0 Å². The molecule has 0 spiro atoms. The quantitative estimate of drug-likeness (QED) is 0.486. The topological polar surface area (TPSA) is 0 Å². The third-order valence-electron chi connectivity index (χ3n) is 0.345. The van der Waals surface area contributed by atoms with Gasteiger partial charge < -0.3 is 0 Å². The molecule has 0 saturated carbocycles. The van der Waals surface area contributed by atoms with Crippen molar-refractivity contribution in [2.75, 3.05) is 0 Å². The first-order chi connectivity index (χ1) is 2.77. The van der Waals surface area contributed by atoms with Gasteiger partial charge in [-0.05, 0) is 0 Å². The predicted molar refractivity (Wildman–Crippen MR) is 48.8 cm³/mol. The van der Waals surface area contributed by atoms with E-state index in [9.17, 15) is 0 Å². The number of rotatable bonds is 2. The van der Waals surface area contributed by atoms with Crippen LogP contribution < -0.4 is 0 Å². The summed E-state index contributed by atoms with van der Waals surface area (Å²) in [6, 6.07) is 0. The van der Waals surface area contributed by atoms with Gasteiger partial charge in [0.1, 0.15) is 0 Å². The van der Waals surface area contributed by atoms with Gasteiger partial charge in [0.2, 0.25) is 0 Å². The summed E-state index contributed by atoms with van der Waals surface area (Å²) in [6.45, 7) is 3.64. The van der Waals surface area contributed by atoms with Crippen LogP contribution in [0.2, 0.25) is 4.18 Å². The number of hydrogen-bond acceptors (Lipinski definition) is 0. The fraction of sp³-hybridized carbons (Fsp3) is 0.333. The average Bonchev–Trinajstić information content (AvgIpc) is 1.35. The molecule has 0 aromatic carbocycles. The van der Waals surface area contributed by atoms with Crippen LogP contribution in [0.1, 0.15) is 0 Å². The van der Waals surface area contributed by atoms with Crippen LogP contribution in [-0.4, -0.2) is 13.1 Å². The zero-order valence-electron chi connectivity index (χ0n) is 3.32. The molecule has 3 heteroatoms. The van der Waals surface area contributed by atoms with Crippen LogP contribution in [-0.2, 0) is 0 Å². The summed E-state index contributed by atoms with van der Waals surface area (Å²) >= 11 is 4.24. The molecule has 6 heavy (non-hydrogen) atoms. The van der Waals surface area contributed by atoms with Crippen LogP contribution in [0.5, 0.6) is 0 Å². The van der Waals surface area contributed by atoms with Crippen LogP contribution >= 0.6 is 36.3 Å². The van der Waals surface area contributed by atoms with E-state index in [0.717, 1.165) is 0 Å². The van der Waals surface area contributed by atoms with Crippen molar-refractivity contribution < 1.29 is 0 Å². The number of halogens is 2. The molecule has 0 aliphatic heterocycles. The van der Waals surface area contributed by atoms with Crippen LogP contribution in [0.15, 0.2) is 12.7 Å². The molecule has 0 fully saturated rings. The van der Waals surface area contributed by atoms with Crippen molar-refractivity contribution in [2.24, 2.45) is 0 Å². The summed E-state index contributed by atoms with van der Waals surface area (Å²) in [4.78, 5) is 0. The van der Waals surface area contributed by atoms with E-state index >= 15 is 0 Å². The molecule has 0 bridgehead atoms. The normalized spacial score (nSPS) is 7.67. The van der Waals surface area contributed by atoms with E-state index in [2.05, 4.69) is 42.9 Å². The van der Waals surface area contributed by atoms with Gasteiger partial charge in [-0.2, -0.15) is 0 Å². The summed E-state index contributed by atoms with van der Waals surface area (Å²) in [6.07, 6.45) is 2.03. The third-order valence-corrected chi connectivity index (χ3v) is 9.14. The maximum atomic E-state index is 3.64. The Bertz CT molecular complexity index is 44.1. The van der Waals surface area contributed by atoms with Gasteiger partial charge in [-0.25, -0.2) is 0 Å². The molecule has 0 aromatic heterocycles. The van der Waals surface area contributed by atoms with Gasteiger partial charge >= 0.3 is 66.2 Å². The van der Waals surface area contributed by atoms with Crippen LogP contribution in [0, 0.1) is 0 Å². The monoisotopic (exact) mass is 410 g/mol. The van der Waals surface area contributed by atoms with Crippen LogP contribution in [0.4, 0.5) is 0 Å². The summed E-state index contributed by atoms with van der Waals surface area (Å²) in [5.74, 6) is 0. The van der Waals surface area contributed by atoms with Crippen molar-refractivity contribution in [1.29, 1.82) is 0 Å². The maximum absolute atomic E-state index is 3.64. The minimum absolute atomic E-state index is 0.896. The van der Waals surface area contributed by atoms with E-state index in [1.54, 1.807) is 0 Å². The average molecular weight is 410 g/mol. The van der Waals surface area contributed by atoms with Crippen LogP contribution in [0.3, 0.4) is 0 Å². The molecule has 0 N–H and O–H groups in total. The molecule has 34 valence electrons. The molecule has 0 atom stereocenters. The first kappa shape index (κ1) is 8.07. The van der Waals surface area contributed by atoms with Crippen molar-refractivity contribution in [3.63, 3.8) is 0 Å².